The van der Waals surface area contributed by atoms with Gasteiger partial charge in [-0.2, -0.15) is 5.10 Å². The summed E-state index contributed by atoms with van der Waals surface area (Å²) in [4.78, 5) is 27.3. The smallest absolute Gasteiger partial charge is 0.283 e. The lowest BCUT2D eigenvalue weighted by atomic mass is 10.1. The van der Waals surface area contributed by atoms with Gasteiger partial charge in [0.1, 0.15) is 11.9 Å². The van der Waals surface area contributed by atoms with Crippen molar-refractivity contribution in [3.05, 3.63) is 80.9 Å². The third-order valence-corrected chi connectivity index (χ3v) is 3.95. The number of amides is 1. The Hall–Kier alpha value is -3.26. The fourth-order valence-corrected chi connectivity index (χ4v) is 2.85. The molecule has 1 N–H and O–H groups in total. The number of nitrogens with one attached hydrogen (secondary N) is 1. The average molecular weight is 372 g/mol. The maximum Gasteiger partial charge on any atom is 0.283 e. The molecule has 0 spiro atoms. The first-order chi connectivity index (χ1) is 12.5. The average Bonchev–Trinajstić information content (AvgIpc) is 3.08. The monoisotopic (exact) mass is 371 g/mol. The van der Waals surface area contributed by atoms with Gasteiger partial charge in [-0.3, -0.25) is 14.9 Å². The third-order valence-electron chi connectivity index (χ3n) is 3.73. The maximum absolute atomic E-state index is 12.5. The van der Waals surface area contributed by atoms with Crippen LogP contribution in [0.25, 0.3) is 5.69 Å². The van der Waals surface area contributed by atoms with E-state index in [9.17, 15) is 14.9 Å². The summed E-state index contributed by atoms with van der Waals surface area (Å²) >= 11 is 5.86. The highest BCUT2D eigenvalue weighted by Gasteiger charge is 2.24. The second kappa shape index (κ2) is 7.32. The molecule has 1 amide bonds. The zero-order valence-electron chi connectivity index (χ0n) is 13.7. The summed E-state index contributed by atoms with van der Waals surface area (Å²) in [6, 6.07) is 12.0. The van der Waals surface area contributed by atoms with Gasteiger partial charge in [0.05, 0.1) is 17.2 Å². The number of nitro benzene ring substituents is 1. The fourth-order valence-electron chi connectivity index (χ4n) is 2.58. The Labute approximate surface area is 153 Å². The van der Waals surface area contributed by atoms with E-state index >= 15 is 0 Å². The van der Waals surface area contributed by atoms with Gasteiger partial charge in [-0.15, -0.1) is 0 Å². The maximum atomic E-state index is 12.5. The van der Waals surface area contributed by atoms with Gasteiger partial charge in [-0.25, -0.2) is 9.67 Å². The van der Waals surface area contributed by atoms with Crippen LogP contribution in [0.4, 0.5) is 5.69 Å². The molecule has 132 valence electrons. The number of hydrogen-bond donors (Lipinski definition) is 1. The number of carbonyl (C=O) groups is 1. The summed E-state index contributed by atoms with van der Waals surface area (Å²) in [5.41, 5.74) is 0.858. The van der Waals surface area contributed by atoms with Crippen molar-refractivity contribution in [1.82, 2.24) is 20.1 Å². The predicted octanol–water partition coefficient (Wildman–Crippen LogP) is 3.07. The minimum Gasteiger partial charge on any atom is -0.345 e. The summed E-state index contributed by atoms with van der Waals surface area (Å²) in [6.07, 6.45) is 1.38. The molecule has 0 aliphatic rings. The van der Waals surface area contributed by atoms with Gasteiger partial charge in [-0.05, 0) is 30.7 Å². The number of carbonyl (C=O) groups excluding carboxylic acids is 1. The molecule has 8 nitrogen and oxygen atoms in total. The number of nitrogens with zero attached hydrogens (tertiary/aromatic N) is 4. The third kappa shape index (κ3) is 3.55. The Balaban J connectivity index is 1.84. The molecule has 0 unspecified atom stereocenters. The SMILES string of the molecule is Cc1cc(Cl)cc([N+](=O)[O-])c1C(=O)NCc1ncnn1-c1ccccc1. The zero-order valence-corrected chi connectivity index (χ0v) is 14.5. The number of hydrogen-bond acceptors (Lipinski definition) is 5. The lowest BCUT2D eigenvalue weighted by molar-refractivity contribution is -0.385. The molecule has 0 bridgehead atoms. The van der Waals surface area contributed by atoms with E-state index in [0.29, 0.717) is 11.4 Å². The van der Waals surface area contributed by atoms with Crippen molar-refractivity contribution >= 4 is 23.2 Å². The standard InChI is InChI=1S/C17H14ClN5O3/c1-11-7-12(18)8-14(23(25)26)16(11)17(24)19-9-15-20-10-21-22(15)13-5-3-2-4-6-13/h2-8,10H,9H2,1H3,(H,19,24). The summed E-state index contributed by atoms with van der Waals surface area (Å²) in [5, 5.41) is 18.2. The molecular formula is C17H14ClN5O3. The molecule has 0 saturated carbocycles. The lowest BCUT2D eigenvalue weighted by Gasteiger charge is -2.10. The van der Waals surface area contributed by atoms with Crippen LogP contribution in [0.1, 0.15) is 21.7 Å². The van der Waals surface area contributed by atoms with Gasteiger partial charge in [0.2, 0.25) is 0 Å². The lowest BCUT2D eigenvalue weighted by Crippen LogP contribution is -2.26. The highest BCUT2D eigenvalue weighted by Crippen LogP contribution is 2.27. The number of aryl methyl sites for hydroxylation is 1. The Kier molecular flexibility index (Phi) is 4.94. The van der Waals surface area contributed by atoms with Crippen molar-refractivity contribution in [3.63, 3.8) is 0 Å². The van der Waals surface area contributed by atoms with Crippen LogP contribution in [-0.2, 0) is 6.54 Å². The van der Waals surface area contributed by atoms with E-state index in [-0.39, 0.29) is 22.8 Å². The van der Waals surface area contributed by atoms with E-state index in [1.54, 1.807) is 11.6 Å². The van der Waals surface area contributed by atoms with E-state index in [2.05, 4.69) is 15.4 Å². The molecule has 0 fully saturated rings. The molecule has 0 radical (unpaired) electrons. The second-order valence-corrected chi connectivity index (χ2v) is 5.92. The number of para-hydroxylation sites is 1. The zero-order chi connectivity index (χ0) is 18.7. The van der Waals surface area contributed by atoms with Crippen molar-refractivity contribution in [2.45, 2.75) is 13.5 Å². The second-order valence-electron chi connectivity index (χ2n) is 5.48. The van der Waals surface area contributed by atoms with E-state index in [0.717, 1.165) is 11.8 Å². The van der Waals surface area contributed by atoms with Crippen LogP contribution in [0.15, 0.2) is 48.8 Å². The van der Waals surface area contributed by atoms with Crippen molar-refractivity contribution < 1.29 is 9.72 Å². The van der Waals surface area contributed by atoms with E-state index in [1.807, 2.05) is 30.3 Å². The Morgan fingerprint density at radius 2 is 2.04 bits per heavy atom. The molecule has 0 aliphatic heterocycles. The summed E-state index contributed by atoms with van der Waals surface area (Å²) in [6.45, 7) is 1.66. The topological polar surface area (TPSA) is 103 Å². The highest BCUT2D eigenvalue weighted by atomic mass is 35.5. The predicted molar refractivity (Wildman–Crippen MR) is 95.4 cm³/mol. The molecule has 0 saturated heterocycles. The summed E-state index contributed by atoms with van der Waals surface area (Å²) in [5.74, 6) is -0.0766. The molecule has 3 aromatic rings. The minimum atomic E-state index is -0.625. The number of aromatic nitrogens is 3. The molecule has 0 aliphatic carbocycles. The molecule has 26 heavy (non-hydrogen) atoms. The Bertz CT molecular complexity index is 972. The first-order valence-corrected chi connectivity index (χ1v) is 8.02. The van der Waals surface area contributed by atoms with Gasteiger partial charge < -0.3 is 5.32 Å². The van der Waals surface area contributed by atoms with Crippen LogP contribution in [0.5, 0.6) is 0 Å². The quantitative estimate of drug-likeness (QED) is 0.548. The van der Waals surface area contributed by atoms with Crippen LogP contribution in [0.3, 0.4) is 0 Å². The number of rotatable bonds is 5. The summed E-state index contributed by atoms with van der Waals surface area (Å²) < 4.78 is 1.59. The first kappa shape index (κ1) is 17.6. The normalized spacial score (nSPS) is 10.5. The molecule has 0 atom stereocenters. The van der Waals surface area contributed by atoms with E-state index in [4.69, 9.17) is 11.6 Å². The Morgan fingerprint density at radius 1 is 1.31 bits per heavy atom. The molecule has 1 heterocycles. The molecule has 2 aromatic carbocycles. The van der Waals surface area contributed by atoms with Gasteiger partial charge >= 0.3 is 0 Å². The molecular weight excluding hydrogens is 358 g/mol. The largest absolute Gasteiger partial charge is 0.345 e. The molecule has 3 rings (SSSR count). The highest BCUT2D eigenvalue weighted by molar-refractivity contribution is 6.31. The van der Waals surface area contributed by atoms with Crippen molar-refractivity contribution in [3.8, 4) is 5.69 Å². The van der Waals surface area contributed by atoms with Gasteiger partial charge in [0.25, 0.3) is 11.6 Å². The van der Waals surface area contributed by atoms with E-state index in [1.165, 1.54) is 12.4 Å². The first-order valence-electron chi connectivity index (χ1n) is 7.64. The van der Waals surface area contributed by atoms with Crippen LogP contribution in [0.2, 0.25) is 5.02 Å². The van der Waals surface area contributed by atoms with Crippen molar-refractivity contribution in [2.24, 2.45) is 0 Å². The van der Waals surface area contributed by atoms with Crippen molar-refractivity contribution in [1.29, 1.82) is 0 Å². The van der Waals surface area contributed by atoms with Crippen LogP contribution in [0, 0.1) is 17.0 Å². The van der Waals surface area contributed by atoms with Gasteiger partial charge in [0, 0.05) is 11.1 Å². The van der Waals surface area contributed by atoms with Gasteiger partial charge in [0.15, 0.2) is 5.82 Å². The van der Waals surface area contributed by atoms with Crippen LogP contribution >= 0.6 is 11.6 Å². The number of benzene rings is 2. The fraction of sp³-hybridized carbons (Fsp3) is 0.118. The molecule has 1 aromatic heterocycles. The van der Waals surface area contributed by atoms with Gasteiger partial charge in [-0.1, -0.05) is 29.8 Å². The van der Waals surface area contributed by atoms with Crippen molar-refractivity contribution in [2.75, 3.05) is 0 Å². The van der Waals surface area contributed by atoms with Crippen LogP contribution in [-0.4, -0.2) is 25.6 Å². The van der Waals surface area contributed by atoms with Crippen LogP contribution < -0.4 is 5.32 Å². The Morgan fingerprint density at radius 3 is 2.73 bits per heavy atom. The molecule has 9 heteroatoms. The minimum absolute atomic E-state index is 0.0230. The number of halogens is 1. The van der Waals surface area contributed by atoms with E-state index < -0.39 is 10.8 Å². The summed E-state index contributed by atoms with van der Waals surface area (Å²) in [7, 11) is 0. The number of nitro groups is 1.